The van der Waals surface area contributed by atoms with Crippen molar-refractivity contribution in [1.82, 2.24) is 0 Å². The summed E-state index contributed by atoms with van der Waals surface area (Å²) in [4.78, 5) is 1.80. The minimum absolute atomic E-state index is 0.254. The van der Waals surface area contributed by atoms with Crippen molar-refractivity contribution in [1.29, 1.82) is 0 Å². The Morgan fingerprint density at radius 2 is 2.10 bits per heavy atom. The molecule has 0 aliphatic rings. The molecule has 1 aromatic carbocycles. The van der Waals surface area contributed by atoms with Crippen LogP contribution in [0.5, 0.6) is 0 Å². The van der Waals surface area contributed by atoms with Gasteiger partial charge in [-0.05, 0) is 47.1 Å². The summed E-state index contributed by atoms with van der Waals surface area (Å²) >= 11 is 10.5. The quantitative estimate of drug-likeness (QED) is 0.828. The first-order chi connectivity index (χ1) is 9.33. The van der Waals surface area contributed by atoms with Gasteiger partial charge in [-0.2, -0.15) is 0 Å². The smallest absolute Gasteiger partial charge is 0.263 e. The molecule has 0 unspecified atom stereocenters. The summed E-state index contributed by atoms with van der Waals surface area (Å²) in [5.74, 6) is 0. The monoisotopic (exact) mass is 394 g/mol. The maximum Gasteiger partial charge on any atom is 0.263 e. The number of nitrogens with two attached hydrogens (primary N) is 1. The third kappa shape index (κ3) is 3.35. The van der Waals surface area contributed by atoms with Crippen molar-refractivity contribution in [2.75, 3.05) is 4.72 Å². The van der Waals surface area contributed by atoms with Crippen LogP contribution in [0.2, 0.25) is 5.02 Å². The molecule has 1 heterocycles. The van der Waals surface area contributed by atoms with Crippen LogP contribution >= 0.6 is 38.9 Å². The lowest BCUT2D eigenvalue weighted by Gasteiger charge is -2.09. The van der Waals surface area contributed by atoms with E-state index in [4.69, 9.17) is 17.3 Å². The SMILES string of the molecule is Cc1sc(CN)cc1S(=O)(=O)Nc1ccc(Cl)cc1Br. The van der Waals surface area contributed by atoms with Gasteiger partial charge in [0.25, 0.3) is 10.0 Å². The molecule has 8 heteroatoms. The topological polar surface area (TPSA) is 72.2 Å². The molecule has 0 amide bonds. The van der Waals surface area contributed by atoms with Crippen LogP contribution in [-0.2, 0) is 16.6 Å². The summed E-state index contributed by atoms with van der Waals surface area (Å²) < 4.78 is 27.9. The van der Waals surface area contributed by atoms with Crippen LogP contribution in [0, 0.1) is 6.92 Å². The Bertz CT molecular complexity index is 744. The number of hydrogen-bond acceptors (Lipinski definition) is 4. The van der Waals surface area contributed by atoms with Gasteiger partial charge in [-0.1, -0.05) is 11.6 Å². The van der Waals surface area contributed by atoms with E-state index in [1.165, 1.54) is 11.3 Å². The standard InChI is InChI=1S/C12H12BrClN2O2S2/c1-7-12(5-9(6-15)19-7)20(17,18)16-11-3-2-8(14)4-10(11)13/h2-5,16H,6,15H2,1H3. The maximum atomic E-state index is 12.4. The van der Waals surface area contributed by atoms with Gasteiger partial charge in [0.1, 0.15) is 4.90 Å². The average molecular weight is 396 g/mol. The second-order valence-electron chi connectivity index (χ2n) is 4.07. The van der Waals surface area contributed by atoms with Crippen molar-refractivity contribution < 1.29 is 8.42 Å². The van der Waals surface area contributed by atoms with E-state index in [-0.39, 0.29) is 4.90 Å². The Morgan fingerprint density at radius 3 is 2.65 bits per heavy atom. The first-order valence-corrected chi connectivity index (χ1v) is 9.08. The molecule has 2 rings (SSSR count). The van der Waals surface area contributed by atoms with Crippen molar-refractivity contribution >= 4 is 54.6 Å². The molecule has 0 radical (unpaired) electrons. The molecule has 0 aliphatic heterocycles. The number of anilines is 1. The lowest BCUT2D eigenvalue weighted by molar-refractivity contribution is 0.601. The van der Waals surface area contributed by atoms with E-state index in [1.807, 2.05) is 0 Å². The fourth-order valence-corrected chi connectivity index (χ4v) is 5.17. The molecular formula is C12H12BrClN2O2S2. The highest BCUT2D eigenvalue weighted by molar-refractivity contribution is 9.10. The Labute approximate surface area is 135 Å². The number of thiophene rings is 1. The highest BCUT2D eigenvalue weighted by atomic mass is 79.9. The van der Waals surface area contributed by atoms with E-state index in [0.717, 1.165) is 4.88 Å². The van der Waals surface area contributed by atoms with E-state index >= 15 is 0 Å². The minimum atomic E-state index is -3.64. The lowest BCUT2D eigenvalue weighted by atomic mass is 10.3. The maximum absolute atomic E-state index is 12.4. The minimum Gasteiger partial charge on any atom is -0.326 e. The molecule has 4 nitrogen and oxygen atoms in total. The molecule has 0 atom stereocenters. The number of hydrogen-bond donors (Lipinski definition) is 2. The summed E-state index contributed by atoms with van der Waals surface area (Å²) in [7, 11) is -3.64. The van der Waals surface area contributed by atoms with Gasteiger partial charge >= 0.3 is 0 Å². The van der Waals surface area contributed by atoms with E-state index in [9.17, 15) is 8.42 Å². The molecular weight excluding hydrogens is 384 g/mol. The highest BCUT2D eigenvalue weighted by Gasteiger charge is 2.20. The van der Waals surface area contributed by atoms with Crippen molar-refractivity contribution in [2.24, 2.45) is 5.73 Å². The number of aryl methyl sites for hydroxylation is 1. The number of benzene rings is 1. The van der Waals surface area contributed by atoms with Gasteiger partial charge in [-0.25, -0.2) is 8.42 Å². The van der Waals surface area contributed by atoms with Crippen LogP contribution in [0.4, 0.5) is 5.69 Å². The van der Waals surface area contributed by atoms with Crippen LogP contribution in [0.25, 0.3) is 0 Å². The molecule has 0 aliphatic carbocycles. The van der Waals surface area contributed by atoms with Crippen molar-refractivity contribution in [3.05, 3.63) is 43.5 Å². The van der Waals surface area contributed by atoms with Gasteiger partial charge in [0.05, 0.1) is 5.69 Å². The van der Waals surface area contributed by atoms with Gasteiger partial charge in [0.2, 0.25) is 0 Å². The predicted octanol–water partition coefficient (Wildman–Crippen LogP) is 3.73. The van der Waals surface area contributed by atoms with Gasteiger partial charge < -0.3 is 5.73 Å². The molecule has 2 aromatic rings. The van der Waals surface area contributed by atoms with E-state index in [2.05, 4.69) is 20.7 Å². The lowest BCUT2D eigenvalue weighted by Crippen LogP contribution is -2.13. The summed E-state index contributed by atoms with van der Waals surface area (Å²) in [5, 5.41) is 0.525. The van der Waals surface area contributed by atoms with E-state index in [1.54, 1.807) is 31.2 Å². The second kappa shape index (κ2) is 6.03. The molecule has 108 valence electrons. The van der Waals surface area contributed by atoms with Gasteiger partial charge in [-0.15, -0.1) is 11.3 Å². The van der Waals surface area contributed by atoms with Crippen LogP contribution < -0.4 is 10.5 Å². The zero-order chi connectivity index (χ0) is 14.9. The molecule has 0 bridgehead atoms. The molecule has 0 saturated heterocycles. The number of rotatable bonds is 4. The van der Waals surface area contributed by atoms with Crippen LogP contribution in [0.15, 0.2) is 33.6 Å². The molecule has 1 aromatic heterocycles. The summed E-state index contributed by atoms with van der Waals surface area (Å²) in [6.07, 6.45) is 0. The predicted molar refractivity (Wildman–Crippen MR) is 86.9 cm³/mol. The van der Waals surface area contributed by atoms with Crippen LogP contribution in [-0.4, -0.2) is 8.42 Å². The molecule has 0 fully saturated rings. The Balaban J connectivity index is 2.38. The first-order valence-electron chi connectivity index (χ1n) is 5.60. The second-order valence-corrected chi connectivity index (χ2v) is 8.35. The number of nitrogens with one attached hydrogen (secondary N) is 1. The summed E-state index contributed by atoms with van der Waals surface area (Å²) in [5.41, 5.74) is 5.98. The molecule has 0 spiro atoms. The van der Waals surface area contributed by atoms with Gasteiger partial charge in [0, 0.05) is 25.8 Å². The molecule has 0 saturated carbocycles. The fraction of sp³-hybridized carbons (Fsp3) is 0.167. The third-order valence-corrected chi connectivity index (χ3v) is 6.17. The zero-order valence-electron chi connectivity index (χ0n) is 10.5. The van der Waals surface area contributed by atoms with E-state index < -0.39 is 10.0 Å². The first kappa shape index (κ1) is 15.8. The van der Waals surface area contributed by atoms with E-state index in [0.29, 0.717) is 26.6 Å². The van der Waals surface area contributed by atoms with Gasteiger partial charge in [-0.3, -0.25) is 4.72 Å². The van der Waals surface area contributed by atoms with Crippen LogP contribution in [0.1, 0.15) is 9.75 Å². The third-order valence-electron chi connectivity index (χ3n) is 2.59. The summed E-state index contributed by atoms with van der Waals surface area (Å²) in [6.45, 7) is 2.08. The highest BCUT2D eigenvalue weighted by Crippen LogP contribution is 2.31. The Kier molecular flexibility index (Phi) is 4.76. The molecule has 3 N–H and O–H groups in total. The normalized spacial score (nSPS) is 11.6. The van der Waals surface area contributed by atoms with Crippen LogP contribution in [0.3, 0.4) is 0 Å². The largest absolute Gasteiger partial charge is 0.326 e. The number of halogens is 2. The van der Waals surface area contributed by atoms with Crippen molar-refractivity contribution in [3.63, 3.8) is 0 Å². The Hall–Kier alpha value is -0.600. The molecule has 20 heavy (non-hydrogen) atoms. The van der Waals surface area contributed by atoms with Crippen molar-refractivity contribution in [2.45, 2.75) is 18.4 Å². The zero-order valence-corrected chi connectivity index (χ0v) is 14.5. The fourth-order valence-electron chi connectivity index (χ4n) is 1.66. The number of sulfonamides is 1. The summed E-state index contributed by atoms with van der Waals surface area (Å²) in [6, 6.07) is 6.46. The van der Waals surface area contributed by atoms with Crippen molar-refractivity contribution in [3.8, 4) is 0 Å². The average Bonchev–Trinajstić information content (AvgIpc) is 2.75. The van der Waals surface area contributed by atoms with Gasteiger partial charge in [0.15, 0.2) is 0 Å². The Morgan fingerprint density at radius 1 is 1.40 bits per heavy atom.